The summed E-state index contributed by atoms with van der Waals surface area (Å²) in [5.74, 6) is 0.933. The number of likely N-dealkylation sites (tertiary alicyclic amines) is 1. The Morgan fingerprint density at radius 2 is 1.96 bits per heavy atom. The molecule has 1 aromatic carbocycles. The van der Waals surface area contributed by atoms with E-state index in [0.717, 1.165) is 45.0 Å². The second kappa shape index (κ2) is 11.7. The minimum atomic E-state index is 0.0810. The molecule has 7 heteroatoms. The van der Waals surface area contributed by atoms with E-state index in [1.807, 2.05) is 13.1 Å². The molecule has 1 saturated heterocycles. The average Bonchev–Trinajstić information content (AvgIpc) is 2.72. The number of guanidine groups is 1. The van der Waals surface area contributed by atoms with E-state index < -0.39 is 0 Å². The van der Waals surface area contributed by atoms with Gasteiger partial charge in [0.15, 0.2) is 5.96 Å². The van der Waals surface area contributed by atoms with E-state index in [0.29, 0.717) is 18.6 Å². The molecule has 0 saturated carbocycles. The maximum Gasteiger partial charge on any atom is 0.233 e. The van der Waals surface area contributed by atoms with Crippen LogP contribution in [0.4, 0.5) is 0 Å². The molecule has 3 N–H and O–H groups in total. The molecule has 28 heavy (non-hydrogen) atoms. The minimum absolute atomic E-state index is 0.0810. The number of nitrogens with one attached hydrogen (secondary N) is 3. The van der Waals surface area contributed by atoms with Crippen LogP contribution >= 0.6 is 0 Å². The lowest BCUT2D eigenvalue weighted by molar-refractivity contribution is -0.122. The monoisotopic (exact) mass is 388 g/mol. The second-order valence-electron chi connectivity index (χ2n) is 7.57. The summed E-state index contributed by atoms with van der Waals surface area (Å²) in [6.07, 6.45) is 2.03. The highest BCUT2D eigenvalue weighted by molar-refractivity contribution is 5.80. The Labute approximate surface area is 169 Å². The maximum absolute atomic E-state index is 11.5. The van der Waals surface area contributed by atoms with Gasteiger partial charge in [0, 0.05) is 52.4 Å². The number of hydrogen-bond donors (Lipinski definition) is 3. The topological polar surface area (TPSA) is 72.0 Å². The van der Waals surface area contributed by atoms with Crippen molar-refractivity contribution in [1.82, 2.24) is 25.8 Å². The Morgan fingerprint density at radius 1 is 1.29 bits per heavy atom. The highest BCUT2D eigenvalue weighted by Gasteiger charge is 2.21. The summed E-state index contributed by atoms with van der Waals surface area (Å²) in [6.45, 7) is 6.33. The summed E-state index contributed by atoms with van der Waals surface area (Å²) in [5, 5.41) is 9.67. The molecule has 0 aromatic heterocycles. The lowest BCUT2D eigenvalue weighted by Crippen LogP contribution is -2.51. The zero-order valence-electron chi connectivity index (χ0n) is 17.7. The molecule has 1 aromatic rings. The normalized spacial score (nSPS) is 17.4. The molecular formula is C21H36N6O. The van der Waals surface area contributed by atoms with Gasteiger partial charge in [-0.3, -0.25) is 19.6 Å². The van der Waals surface area contributed by atoms with Crippen LogP contribution in [0.15, 0.2) is 35.3 Å². The molecule has 1 unspecified atom stereocenters. The van der Waals surface area contributed by atoms with Crippen molar-refractivity contribution in [2.75, 3.05) is 47.3 Å². The number of nitrogens with zero attached hydrogens (tertiary/aromatic N) is 3. The summed E-state index contributed by atoms with van der Waals surface area (Å²) in [6, 6.07) is 11.3. The van der Waals surface area contributed by atoms with Crippen molar-refractivity contribution in [1.29, 1.82) is 0 Å². The van der Waals surface area contributed by atoms with Crippen LogP contribution in [0.2, 0.25) is 0 Å². The first-order chi connectivity index (χ1) is 13.5. The Morgan fingerprint density at radius 3 is 2.57 bits per heavy atom. The maximum atomic E-state index is 11.5. The van der Waals surface area contributed by atoms with Crippen LogP contribution in [0.1, 0.15) is 25.3 Å². The highest BCUT2D eigenvalue weighted by Crippen LogP contribution is 2.10. The standard InChI is InChI=1S/C21H36N6O/c1-17(26(4)15-18-8-6-5-7-9-18)14-24-21(23-3)25-19-10-12-27(13-11-19)16-20(28)22-2/h5-9,17,19H,10-16H2,1-4H3,(H,22,28)(H2,23,24,25). The third-order valence-corrected chi connectivity index (χ3v) is 5.39. The van der Waals surface area contributed by atoms with E-state index in [9.17, 15) is 4.79 Å². The van der Waals surface area contributed by atoms with Gasteiger partial charge in [-0.25, -0.2) is 0 Å². The van der Waals surface area contributed by atoms with Gasteiger partial charge in [-0.1, -0.05) is 30.3 Å². The van der Waals surface area contributed by atoms with Crippen molar-refractivity contribution in [3.05, 3.63) is 35.9 Å². The minimum Gasteiger partial charge on any atom is -0.358 e. The van der Waals surface area contributed by atoms with Crippen molar-refractivity contribution in [2.45, 2.75) is 38.4 Å². The van der Waals surface area contributed by atoms with Crippen LogP contribution < -0.4 is 16.0 Å². The molecule has 1 fully saturated rings. The molecule has 7 nitrogen and oxygen atoms in total. The van der Waals surface area contributed by atoms with Crippen molar-refractivity contribution in [2.24, 2.45) is 4.99 Å². The molecule has 1 amide bonds. The fraction of sp³-hybridized carbons (Fsp3) is 0.619. The van der Waals surface area contributed by atoms with Crippen LogP contribution in [0.5, 0.6) is 0 Å². The lowest BCUT2D eigenvalue weighted by Gasteiger charge is -2.33. The van der Waals surface area contributed by atoms with Crippen LogP contribution in [0.25, 0.3) is 0 Å². The molecule has 0 radical (unpaired) electrons. The van der Waals surface area contributed by atoms with Crippen LogP contribution in [0, 0.1) is 0 Å². The average molecular weight is 389 g/mol. The van der Waals surface area contributed by atoms with Gasteiger partial charge < -0.3 is 16.0 Å². The van der Waals surface area contributed by atoms with Crippen LogP contribution in [-0.2, 0) is 11.3 Å². The largest absolute Gasteiger partial charge is 0.358 e. The van der Waals surface area contributed by atoms with E-state index in [1.54, 1.807) is 7.05 Å². The summed E-state index contributed by atoms with van der Waals surface area (Å²) < 4.78 is 0. The molecular weight excluding hydrogens is 352 g/mol. The fourth-order valence-electron chi connectivity index (χ4n) is 3.33. The molecule has 1 atom stereocenters. The molecule has 1 aliphatic rings. The van der Waals surface area contributed by atoms with Crippen molar-refractivity contribution in [3.63, 3.8) is 0 Å². The lowest BCUT2D eigenvalue weighted by atomic mass is 10.1. The molecule has 0 bridgehead atoms. The second-order valence-corrected chi connectivity index (χ2v) is 7.57. The Kier molecular flexibility index (Phi) is 9.23. The number of amides is 1. The van der Waals surface area contributed by atoms with Crippen LogP contribution in [0.3, 0.4) is 0 Å². The predicted octanol–water partition coefficient (Wildman–Crippen LogP) is 0.882. The van der Waals surface area contributed by atoms with E-state index in [2.05, 4.69) is 69.0 Å². The SMILES string of the molecule is CN=C(NCC(C)N(C)Cc1ccccc1)NC1CCN(CC(=O)NC)CC1. The smallest absolute Gasteiger partial charge is 0.233 e. The number of likely N-dealkylation sites (N-methyl/N-ethyl adjacent to an activating group) is 2. The number of hydrogen-bond acceptors (Lipinski definition) is 4. The third kappa shape index (κ3) is 7.48. The number of aliphatic imine (C=N–C) groups is 1. The number of piperidine rings is 1. The number of carbonyl (C=O) groups is 1. The molecule has 1 heterocycles. The summed E-state index contributed by atoms with van der Waals surface area (Å²) in [5.41, 5.74) is 1.32. The van der Waals surface area contributed by atoms with Gasteiger partial charge in [0.2, 0.25) is 5.91 Å². The van der Waals surface area contributed by atoms with Gasteiger partial charge in [0.25, 0.3) is 0 Å². The highest BCUT2D eigenvalue weighted by atomic mass is 16.1. The van der Waals surface area contributed by atoms with Gasteiger partial charge in [-0.05, 0) is 32.4 Å². The van der Waals surface area contributed by atoms with E-state index in [-0.39, 0.29) is 5.91 Å². The number of carbonyl (C=O) groups excluding carboxylic acids is 1. The van der Waals surface area contributed by atoms with Gasteiger partial charge >= 0.3 is 0 Å². The first kappa shape index (κ1) is 22.2. The Balaban J connectivity index is 1.70. The molecule has 156 valence electrons. The van der Waals surface area contributed by atoms with Gasteiger partial charge in [-0.15, -0.1) is 0 Å². The zero-order chi connectivity index (χ0) is 20.4. The summed E-state index contributed by atoms with van der Waals surface area (Å²) >= 11 is 0. The van der Waals surface area contributed by atoms with Gasteiger partial charge in [0.1, 0.15) is 0 Å². The number of rotatable bonds is 8. The van der Waals surface area contributed by atoms with E-state index in [4.69, 9.17) is 0 Å². The quantitative estimate of drug-likeness (QED) is 0.456. The first-order valence-electron chi connectivity index (χ1n) is 10.2. The molecule has 2 rings (SSSR count). The Bertz CT molecular complexity index is 613. The summed E-state index contributed by atoms with van der Waals surface area (Å²) in [4.78, 5) is 20.4. The van der Waals surface area contributed by atoms with E-state index >= 15 is 0 Å². The van der Waals surface area contributed by atoms with Crippen molar-refractivity contribution >= 4 is 11.9 Å². The van der Waals surface area contributed by atoms with Crippen molar-refractivity contribution in [3.8, 4) is 0 Å². The van der Waals surface area contributed by atoms with Crippen molar-refractivity contribution < 1.29 is 4.79 Å². The predicted molar refractivity (Wildman–Crippen MR) is 115 cm³/mol. The molecule has 1 aliphatic heterocycles. The van der Waals surface area contributed by atoms with E-state index in [1.165, 1.54) is 5.56 Å². The van der Waals surface area contributed by atoms with Gasteiger partial charge in [0.05, 0.1) is 6.54 Å². The molecule has 0 spiro atoms. The van der Waals surface area contributed by atoms with Crippen LogP contribution in [-0.4, -0.2) is 81.1 Å². The third-order valence-electron chi connectivity index (χ3n) is 5.39. The summed E-state index contributed by atoms with van der Waals surface area (Å²) in [7, 11) is 5.65. The zero-order valence-corrected chi connectivity index (χ0v) is 17.7. The molecule has 0 aliphatic carbocycles. The Hall–Kier alpha value is -2.12. The first-order valence-corrected chi connectivity index (χ1v) is 10.2. The number of benzene rings is 1. The van der Waals surface area contributed by atoms with Gasteiger partial charge in [-0.2, -0.15) is 0 Å². The fourth-order valence-corrected chi connectivity index (χ4v) is 3.33.